The van der Waals surface area contributed by atoms with Gasteiger partial charge in [-0.1, -0.05) is 124 Å². The van der Waals surface area contributed by atoms with Crippen LogP contribution >= 0.6 is 93.0 Å². The summed E-state index contributed by atoms with van der Waals surface area (Å²) in [4.78, 5) is 116. The van der Waals surface area contributed by atoms with E-state index < -0.39 is 17.9 Å². The predicted octanol–water partition coefficient (Wildman–Crippen LogP) is 16.5. The summed E-state index contributed by atoms with van der Waals surface area (Å²) in [6.07, 6.45) is 21.9. The molecule has 0 bridgehead atoms. The Balaban J connectivity index is 0.000000179. The Kier molecular flexibility index (Phi) is 41.5. The number of nitrogens with zero attached hydrogens (tertiary/aromatic N) is 10. The number of hydrogen-bond donors (Lipinski definition) is 8. The number of aldehydes is 1. The van der Waals surface area contributed by atoms with Gasteiger partial charge >= 0.3 is 17.9 Å². The third kappa shape index (κ3) is 35.1. The molecule has 0 fully saturated rings. The van der Waals surface area contributed by atoms with Gasteiger partial charge in [-0.3, -0.25) is 38.4 Å². The lowest BCUT2D eigenvalue weighted by atomic mass is 10.0. The molecule has 0 saturated heterocycles. The zero-order valence-corrected chi connectivity index (χ0v) is 75.9. The minimum Gasteiger partial charge on any atom is -0.481 e. The standard InChI is InChI=1S/C15H18ClN3O2.C15H16ClN3O.C14H14ClN3O.C11H14ClNO2.C11H12ClNO.C10H11Cl2NO2.C10H10ClNO.C5H6N2O/c1-19-9-14(18-10-19)8-17-7-12-2-4-13(16)6-11(12)3-5-15(20)21;1-18-8-14(17-10-18)9-19-7-12-2-4-13(16)6-11(12)3-5-15(19)20;15-12-3-1-11-7-18(8-13-6-16-9-17-13)14(19)4-2-10(11)5-12;1-13-7-9-2-4-10(12)6-8(9)3-5-11(14)15;1-13-7-9-2-4-10(12)6-8(9)3-5-11(13)14;11-9-3-1-8(6-13-12)7(5-9)2-4-10(14)15;11-9-3-1-8-6-12-10(13)4-2-7(8)5-9;1-7-2-5(3-8)6-4-7/h2,4,6,9-10,17H,3,5,7-8H2,1H3,(H,20,21);2,4,6,8,10H,3,5,7,9H2,1H3;1,3,5-6,9H,2,4,7-8H2,(H,16,17);2,4,6,13H,3,5,7H2,1H3,(H,14,15);2,4,6H,3,5,7H2,1H3;1,3,5,13H,2,4,6H2,(H,14,15);1,3,5H,2,4,6H2,(H,12,13);2-4H,1H3. The molecule has 125 heavy (non-hydrogen) atoms. The van der Waals surface area contributed by atoms with Crippen LogP contribution in [-0.4, -0.2) is 131 Å². The molecule has 0 saturated carbocycles. The fraction of sp³-hybridized carbons (Fsp3) is 0.319. The lowest BCUT2D eigenvalue weighted by Gasteiger charge is -2.20. The highest BCUT2D eigenvalue weighted by Crippen LogP contribution is 2.29. The maximum absolute atomic E-state index is 12.2. The fourth-order valence-electron chi connectivity index (χ4n) is 13.6. The van der Waals surface area contributed by atoms with Gasteiger partial charge in [-0.15, -0.1) is 0 Å². The number of carboxylic acids is 3. The molecule has 26 nitrogen and oxygen atoms in total. The zero-order chi connectivity index (χ0) is 90.5. The zero-order valence-electron chi connectivity index (χ0n) is 69.9. The van der Waals surface area contributed by atoms with Crippen LogP contribution in [0.4, 0.5) is 0 Å². The van der Waals surface area contributed by atoms with Gasteiger partial charge in [0.1, 0.15) is 5.69 Å². The Morgan fingerprint density at radius 2 is 0.840 bits per heavy atom. The number of rotatable bonds is 22. The number of fused-ring (bicyclic) bond motifs is 4. The minimum atomic E-state index is -0.820. The van der Waals surface area contributed by atoms with Crippen LogP contribution in [0.5, 0.6) is 0 Å². The maximum Gasteiger partial charge on any atom is 0.303 e. The number of carboxylic acid groups (broad SMARTS) is 3. The van der Waals surface area contributed by atoms with Gasteiger partial charge in [-0.05, 0) is 227 Å². The SMILES string of the molecule is CN1Cc2ccc(Cl)cc2CCC1=O.CNCc1ccc(Cl)cc1CCC(=O)O.Cn1cnc(C=O)c1.Cn1cnc(CN2Cc3ccc(Cl)cc3CCC2=O)c1.Cn1cnc(CNCc2ccc(Cl)cc2CCC(=O)O)c1.O=C(O)CCc1cc(Cl)ccc1CNCl.O=C1CCc2cc(Cl)ccc2CN1.O=C1CCc2cc(Cl)ccc2CN1Cc1cnc[nH]1. The lowest BCUT2D eigenvalue weighted by molar-refractivity contribution is -0.138. The molecule has 0 atom stereocenters. The van der Waals surface area contributed by atoms with Crippen molar-refractivity contribution in [1.29, 1.82) is 0 Å². The molecule has 4 aromatic heterocycles. The van der Waals surface area contributed by atoms with Crippen molar-refractivity contribution in [3.05, 3.63) is 313 Å². The number of hydrogen-bond acceptors (Lipinski definition) is 15. The topological polar surface area (TPSA) is 337 Å². The van der Waals surface area contributed by atoms with E-state index in [0.717, 1.165) is 109 Å². The van der Waals surface area contributed by atoms with Crippen molar-refractivity contribution in [2.45, 2.75) is 155 Å². The highest BCUT2D eigenvalue weighted by Gasteiger charge is 2.24. The van der Waals surface area contributed by atoms with Crippen molar-refractivity contribution in [2.24, 2.45) is 21.1 Å². The van der Waals surface area contributed by atoms with Crippen LogP contribution in [0.1, 0.15) is 150 Å². The monoisotopic (exact) mass is 1860 g/mol. The minimum absolute atomic E-state index is 0.0929. The molecule has 8 heterocycles. The molecule has 0 radical (unpaired) electrons. The van der Waals surface area contributed by atoms with Gasteiger partial charge in [-0.25, -0.2) is 24.8 Å². The van der Waals surface area contributed by atoms with E-state index >= 15 is 0 Å². The largest absolute Gasteiger partial charge is 0.481 e. The normalized spacial score (nSPS) is 13.1. The number of aryl methyl sites for hydroxylation is 10. The number of nitrogens with one attached hydrogen (secondary N) is 5. The van der Waals surface area contributed by atoms with Crippen LogP contribution in [0, 0.1) is 0 Å². The molecular formula is C91H101Cl8N15O11. The van der Waals surface area contributed by atoms with Crippen molar-refractivity contribution >= 4 is 141 Å². The highest BCUT2D eigenvalue weighted by molar-refractivity contribution is 6.32. The summed E-state index contributed by atoms with van der Waals surface area (Å²) in [5.74, 6) is -1.75. The number of halogens is 8. The number of amides is 4. The molecule has 662 valence electrons. The van der Waals surface area contributed by atoms with E-state index in [9.17, 15) is 38.4 Å². The number of aliphatic carboxylic acids is 3. The molecular weight excluding hydrogens is 1760 g/mol. The molecule has 4 amide bonds. The van der Waals surface area contributed by atoms with E-state index in [1.807, 2.05) is 182 Å². The van der Waals surface area contributed by atoms with Crippen molar-refractivity contribution in [2.75, 3.05) is 14.1 Å². The number of carbonyl (C=O) groups is 8. The van der Waals surface area contributed by atoms with Crippen molar-refractivity contribution in [1.82, 2.24) is 74.1 Å². The average molecular weight is 1860 g/mol. The van der Waals surface area contributed by atoms with Gasteiger partial charge in [0.15, 0.2) is 6.29 Å². The van der Waals surface area contributed by atoms with Crippen LogP contribution in [0.25, 0.3) is 0 Å². The van der Waals surface area contributed by atoms with Crippen LogP contribution < -0.4 is 20.8 Å². The molecule has 34 heteroatoms. The first kappa shape index (κ1) is 100.0. The molecule has 4 aliphatic heterocycles. The molecule has 8 N–H and O–H groups in total. The Morgan fingerprint density at radius 3 is 1.26 bits per heavy atom. The van der Waals surface area contributed by atoms with Gasteiger partial charge in [0.2, 0.25) is 23.6 Å². The molecule has 15 rings (SSSR count). The Morgan fingerprint density at radius 1 is 0.440 bits per heavy atom. The molecule has 11 aromatic rings. The second-order valence-electron chi connectivity index (χ2n) is 29.8. The summed E-state index contributed by atoms with van der Waals surface area (Å²) < 4.78 is 5.52. The fourth-order valence-corrected chi connectivity index (χ4v) is 15.1. The Bertz CT molecular complexity index is 5360. The van der Waals surface area contributed by atoms with E-state index in [4.69, 9.17) is 108 Å². The van der Waals surface area contributed by atoms with E-state index in [2.05, 4.69) is 45.7 Å². The van der Waals surface area contributed by atoms with E-state index in [1.165, 1.54) is 44.5 Å². The summed E-state index contributed by atoms with van der Waals surface area (Å²) in [6.45, 7) is 6.26. The number of aromatic nitrogens is 8. The average Bonchev–Trinajstić information content (AvgIpc) is 1.74. The first-order valence-electron chi connectivity index (χ1n) is 40.1. The lowest BCUT2D eigenvalue weighted by Crippen LogP contribution is -2.28. The Hall–Kier alpha value is -10.5. The molecule has 7 aromatic carbocycles. The van der Waals surface area contributed by atoms with Crippen molar-refractivity contribution in [3.8, 4) is 0 Å². The molecule has 0 unspecified atom stereocenters. The van der Waals surface area contributed by atoms with E-state index in [0.29, 0.717) is 125 Å². The van der Waals surface area contributed by atoms with Gasteiger partial charge < -0.3 is 64.7 Å². The van der Waals surface area contributed by atoms with Gasteiger partial charge in [0.25, 0.3) is 0 Å². The van der Waals surface area contributed by atoms with Crippen molar-refractivity contribution < 1.29 is 53.7 Å². The number of benzene rings is 7. The predicted molar refractivity (Wildman–Crippen MR) is 488 cm³/mol. The molecule has 0 spiro atoms. The van der Waals surface area contributed by atoms with Crippen LogP contribution in [0.3, 0.4) is 0 Å². The highest BCUT2D eigenvalue weighted by atomic mass is 35.5. The van der Waals surface area contributed by atoms with Crippen molar-refractivity contribution in [3.63, 3.8) is 0 Å². The van der Waals surface area contributed by atoms with Gasteiger partial charge in [-0.2, -0.15) is 0 Å². The summed E-state index contributed by atoms with van der Waals surface area (Å²) in [7, 11) is 9.37. The maximum atomic E-state index is 12.2. The van der Waals surface area contributed by atoms with Gasteiger partial charge in [0.05, 0.1) is 55.5 Å². The quantitative estimate of drug-likeness (QED) is 0.0231. The summed E-state index contributed by atoms with van der Waals surface area (Å²) >= 11 is 46.9. The van der Waals surface area contributed by atoms with Crippen LogP contribution in [0.2, 0.25) is 35.2 Å². The number of carbonyl (C=O) groups excluding carboxylic acids is 5. The van der Waals surface area contributed by atoms with E-state index in [1.54, 1.807) is 59.3 Å². The summed E-state index contributed by atoms with van der Waals surface area (Å²) in [5.41, 5.74) is 18.8. The third-order valence-electron chi connectivity index (χ3n) is 20.1. The first-order chi connectivity index (χ1) is 59.9. The first-order valence-corrected chi connectivity index (χ1v) is 43.1. The Labute approximate surface area is 767 Å². The van der Waals surface area contributed by atoms with Gasteiger partial charge in [0, 0.05) is 185 Å². The molecule has 0 aliphatic carbocycles. The number of H-pyrrole nitrogens is 1. The van der Waals surface area contributed by atoms with Crippen LogP contribution in [-0.2, 0) is 165 Å². The number of aromatic amines is 1. The number of imidazole rings is 4. The second-order valence-corrected chi connectivity index (χ2v) is 33.1. The summed E-state index contributed by atoms with van der Waals surface area (Å²) in [6, 6.07) is 39.9. The van der Waals surface area contributed by atoms with Crippen LogP contribution in [0.15, 0.2) is 177 Å². The van der Waals surface area contributed by atoms with E-state index in [-0.39, 0.29) is 42.9 Å². The molecule has 4 aliphatic rings. The second kappa shape index (κ2) is 51.8. The summed E-state index contributed by atoms with van der Waals surface area (Å²) in [5, 5.41) is 40.0. The smallest absolute Gasteiger partial charge is 0.303 e. The third-order valence-corrected chi connectivity index (χ3v) is 21.8.